The van der Waals surface area contributed by atoms with E-state index < -0.39 is 0 Å². The molecule has 2 aromatic carbocycles. The SMILES string of the molecule is CC(C)c1cccc(C(C)C)c1NC(=O)c1ccc(O)cc1. The van der Waals surface area contributed by atoms with Gasteiger partial charge in [-0.1, -0.05) is 45.9 Å². The molecule has 0 aliphatic carbocycles. The van der Waals surface area contributed by atoms with E-state index in [0.29, 0.717) is 17.4 Å². The van der Waals surface area contributed by atoms with Gasteiger partial charge in [-0.3, -0.25) is 4.79 Å². The zero-order chi connectivity index (χ0) is 16.3. The molecule has 0 aliphatic rings. The van der Waals surface area contributed by atoms with Crippen molar-refractivity contribution in [3.8, 4) is 5.75 Å². The smallest absolute Gasteiger partial charge is 0.255 e. The predicted molar refractivity (Wildman–Crippen MR) is 90.7 cm³/mol. The summed E-state index contributed by atoms with van der Waals surface area (Å²) in [5.41, 5.74) is 3.72. The molecule has 3 heteroatoms. The Balaban J connectivity index is 2.39. The number of phenolic OH excluding ortho intramolecular Hbond substituents is 1. The number of anilines is 1. The molecule has 0 fully saturated rings. The maximum Gasteiger partial charge on any atom is 0.255 e. The third-order valence-electron chi connectivity index (χ3n) is 3.74. The van der Waals surface area contributed by atoms with Crippen LogP contribution in [0.25, 0.3) is 0 Å². The van der Waals surface area contributed by atoms with E-state index in [0.717, 1.165) is 16.8 Å². The fourth-order valence-electron chi connectivity index (χ4n) is 2.49. The number of carbonyl (C=O) groups is 1. The van der Waals surface area contributed by atoms with Gasteiger partial charge in [0.15, 0.2) is 0 Å². The second kappa shape index (κ2) is 6.65. The second-order valence-corrected chi connectivity index (χ2v) is 6.12. The lowest BCUT2D eigenvalue weighted by atomic mass is 9.92. The van der Waals surface area contributed by atoms with Crippen molar-refractivity contribution in [1.29, 1.82) is 0 Å². The third-order valence-corrected chi connectivity index (χ3v) is 3.74. The molecule has 0 radical (unpaired) electrons. The average molecular weight is 297 g/mol. The van der Waals surface area contributed by atoms with Crippen molar-refractivity contribution in [1.82, 2.24) is 0 Å². The van der Waals surface area contributed by atoms with E-state index in [1.807, 2.05) is 6.07 Å². The van der Waals surface area contributed by atoms with E-state index in [-0.39, 0.29) is 11.7 Å². The quantitative estimate of drug-likeness (QED) is 0.844. The van der Waals surface area contributed by atoms with Gasteiger partial charge in [0.2, 0.25) is 0 Å². The van der Waals surface area contributed by atoms with Gasteiger partial charge in [0.05, 0.1) is 0 Å². The fourth-order valence-corrected chi connectivity index (χ4v) is 2.49. The minimum Gasteiger partial charge on any atom is -0.508 e. The number of nitrogens with one attached hydrogen (secondary N) is 1. The van der Waals surface area contributed by atoms with Gasteiger partial charge in [-0.05, 0) is 47.2 Å². The zero-order valence-electron chi connectivity index (χ0n) is 13.6. The van der Waals surface area contributed by atoms with Gasteiger partial charge >= 0.3 is 0 Å². The first-order chi connectivity index (χ1) is 10.4. The molecule has 0 saturated carbocycles. The van der Waals surface area contributed by atoms with Gasteiger partial charge in [0, 0.05) is 11.3 Å². The van der Waals surface area contributed by atoms with E-state index in [1.54, 1.807) is 12.1 Å². The molecule has 3 nitrogen and oxygen atoms in total. The van der Waals surface area contributed by atoms with Crippen molar-refractivity contribution in [2.24, 2.45) is 0 Å². The van der Waals surface area contributed by atoms with Crippen molar-refractivity contribution in [3.05, 3.63) is 59.2 Å². The molecule has 116 valence electrons. The number of para-hydroxylation sites is 1. The minimum absolute atomic E-state index is 0.155. The number of benzene rings is 2. The number of phenols is 1. The van der Waals surface area contributed by atoms with Crippen LogP contribution in [0.3, 0.4) is 0 Å². The maximum absolute atomic E-state index is 12.5. The number of aromatic hydroxyl groups is 1. The van der Waals surface area contributed by atoms with E-state index in [1.165, 1.54) is 12.1 Å². The van der Waals surface area contributed by atoms with Crippen LogP contribution in [0, 0.1) is 0 Å². The summed E-state index contributed by atoms with van der Waals surface area (Å²) in [5.74, 6) is 0.652. The Morgan fingerprint density at radius 3 is 1.86 bits per heavy atom. The molecule has 0 saturated heterocycles. The van der Waals surface area contributed by atoms with Crippen LogP contribution in [-0.4, -0.2) is 11.0 Å². The van der Waals surface area contributed by atoms with Crippen LogP contribution in [0.1, 0.15) is 61.0 Å². The largest absolute Gasteiger partial charge is 0.508 e. The van der Waals surface area contributed by atoms with Crippen LogP contribution in [0.2, 0.25) is 0 Å². The Morgan fingerprint density at radius 2 is 1.41 bits per heavy atom. The highest BCUT2D eigenvalue weighted by atomic mass is 16.3. The highest BCUT2D eigenvalue weighted by Crippen LogP contribution is 2.32. The molecule has 0 aromatic heterocycles. The lowest BCUT2D eigenvalue weighted by molar-refractivity contribution is 0.102. The number of rotatable bonds is 4. The first-order valence-electron chi connectivity index (χ1n) is 7.63. The zero-order valence-corrected chi connectivity index (χ0v) is 13.6. The summed E-state index contributed by atoms with van der Waals surface area (Å²) in [5, 5.41) is 12.4. The normalized spacial score (nSPS) is 11.0. The molecule has 0 atom stereocenters. The highest BCUT2D eigenvalue weighted by Gasteiger charge is 2.16. The Bertz CT molecular complexity index is 631. The second-order valence-electron chi connectivity index (χ2n) is 6.12. The number of carbonyl (C=O) groups excluding carboxylic acids is 1. The van der Waals surface area contributed by atoms with Gasteiger partial charge in [-0.2, -0.15) is 0 Å². The predicted octanol–water partition coefficient (Wildman–Crippen LogP) is 4.89. The van der Waals surface area contributed by atoms with Crippen LogP contribution >= 0.6 is 0 Å². The summed E-state index contributed by atoms with van der Waals surface area (Å²) >= 11 is 0. The molecule has 0 unspecified atom stereocenters. The molecular weight excluding hydrogens is 274 g/mol. The van der Waals surface area contributed by atoms with Crippen molar-refractivity contribution in [3.63, 3.8) is 0 Å². The molecule has 2 rings (SSSR count). The summed E-state index contributed by atoms with van der Waals surface area (Å²) in [4.78, 5) is 12.5. The molecule has 1 amide bonds. The fraction of sp³-hybridized carbons (Fsp3) is 0.316. The topological polar surface area (TPSA) is 49.3 Å². The molecule has 0 heterocycles. The van der Waals surface area contributed by atoms with Gasteiger partial charge < -0.3 is 10.4 Å². The standard InChI is InChI=1S/C19H23NO2/c1-12(2)16-6-5-7-17(13(3)4)18(16)20-19(22)14-8-10-15(21)11-9-14/h5-13,21H,1-4H3,(H,20,22). The Hall–Kier alpha value is -2.29. The molecule has 2 aromatic rings. The minimum atomic E-state index is -0.157. The number of hydrogen-bond donors (Lipinski definition) is 2. The van der Waals surface area contributed by atoms with Gasteiger partial charge in [-0.25, -0.2) is 0 Å². The van der Waals surface area contributed by atoms with E-state index >= 15 is 0 Å². The molecule has 2 N–H and O–H groups in total. The average Bonchev–Trinajstić information content (AvgIpc) is 2.47. The summed E-state index contributed by atoms with van der Waals surface area (Å²) < 4.78 is 0. The van der Waals surface area contributed by atoms with E-state index in [2.05, 4.69) is 45.1 Å². The summed E-state index contributed by atoms with van der Waals surface area (Å²) in [6, 6.07) is 12.4. The molecule has 0 aliphatic heterocycles. The Labute approximate surface area is 132 Å². The number of amides is 1. The van der Waals surface area contributed by atoms with E-state index in [9.17, 15) is 9.90 Å². The van der Waals surface area contributed by atoms with Gasteiger partial charge in [-0.15, -0.1) is 0 Å². The lowest BCUT2D eigenvalue weighted by Crippen LogP contribution is -2.15. The van der Waals surface area contributed by atoms with Crippen LogP contribution in [0.4, 0.5) is 5.69 Å². The summed E-state index contributed by atoms with van der Waals surface area (Å²) in [6.45, 7) is 8.48. The maximum atomic E-state index is 12.5. The van der Waals surface area contributed by atoms with Gasteiger partial charge in [0.25, 0.3) is 5.91 Å². The van der Waals surface area contributed by atoms with Crippen molar-refractivity contribution in [2.45, 2.75) is 39.5 Å². The van der Waals surface area contributed by atoms with Crippen LogP contribution in [0.15, 0.2) is 42.5 Å². The van der Waals surface area contributed by atoms with Crippen LogP contribution in [-0.2, 0) is 0 Å². The molecule has 22 heavy (non-hydrogen) atoms. The highest BCUT2D eigenvalue weighted by molar-refractivity contribution is 6.05. The van der Waals surface area contributed by atoms with Crippen molar-refractivity contribution in [2.75, 3.05) is 5.32 Å². The Kier molecular flexibility index (Phi) is 4.86. The monoisotopic (exact) mass is 297 g/mol. The van der Waals surface area contributed by atoms with Crippen molar-refractivity contribution >= 4 is 11.6 Å². The lowest BCUT2D eigenvalue weighted by Gasteiger charge is -2.20. The Morgan fingerprint density at radius 1 is 0.909 bits per heavy atom. The van der Waals surface area contributed by atoms with Crippen molar-refractivity contribution < 1.29 is 9.90 Å². The van der Waals surface area contributed by atoms with E-state index in [4.69, 9.17) is 0 Å². The molecule has 0 spiro atoms. The van der Waals surface area contributed by atoms with Crippen LogP contribution in [0.5, 0.6) is 5.75 Å². The van der Waals surface area contributed by atoms with Crippen LogP contribution < -0.4 is 5.32 Å². The first kappa shape index (κ1) is 16.1. The molecular formula is C19H23NO2. The van der Waals surface area contributed by atoms with Gasteiger partial charge in [0.1, 0.15) is 5.75 Å². The first-order valence-corrected chi connectivity index (χ1v) is 7.63. The molecule has 0 bridgehead atoms. The number of hydrogen-bond acceptors (Lipinski definition) is 2. The summed E-state index contributed by atoms with van der Waals surface area (Å²) in [6.07, 6.45) is 0. The third kappa shape index (κ3) is 3.48. The summed E-state index contributed by atoms with van der Waals surface area (Å²) in [7, 11) is 0.